The van der Waals surface area contributed by atoms with Crippen molar-refractivity contribution in [2.45, 2.75) is 6.92 Å². The summed E-state index contributed by atoms with van der Waals surface area (Å²) >= 11 is 5.99. The molecule has 150 valence electrons. The number of esters is 1. The molecule has 1 aromatic heterocycles. The average molecular weight is 425 g/mol. The van der Waals surface area contributed by atoms with Crippen LogP contribution in [-0.4, -0.2) is 23.6 Å². The minimum Gasteiger partial charge on any atom is -0.452 e. The Morgan fingerprint density at radius 1 is 1.17 bits per heavy atom. The predicted octanol–water partition coefficient (Wildman–Crippen LogP) is 4.52. The number of amides is 1. The quantitative estimate of drug-likeness (QED) is 0.609. The number of carbonyl (C=O) groups is 2. The smallest absolute Gasteiger partial charge is 0.344 e. The van der Waals surface area contributed by atoms with Crippen LogP contribution in [0.4, 0.5) is 18.9 Å². The molecule has 0 spiro atoms. The first-order chi connectivity index (χ1) is 13.8. The average Bonchev–Trinajstić information content (AvgIpc) is 3.00. The van der Waals surface area contributed by atoms with Crippen LogP contribution in [0, 0.1) is 24.4 Å². The van der Waals surface area contributed by atoms with E-state index >= 15 is 0 Å². The summed E-state index contributed by atoms with van der Waals surface area (Å²) in [5.41, 5.74) is -0.689. The number of hydrogen-bond donors (Lipinski definition) is 1. The monoisotopic (exact) mass is 424 g/mol. The van der Waals surface area contributed by atoms with Gasteiger partial charge in [0.25, 0.3) is 5.91 Å². The number of benzene rings is 2. The summed E-state index contributed by atoms with van der Waals surface area (Å²) < 4.78 is 50.3. The molecule has 3 aromatic rings. The largest absolute Gasteiger partial charge is 0.452 e. The SMILES string of the molecule is Cc1onc(-c2c(F)cccc2Cl)c1C(=O)OCC(=O)Nc1cc(F)cc(F)c1. The number of nitrogens with zero attached hydrogens (tertiary/aromatic N) is 1. The zero-order chi connectivity index (χ0) is 21.1. The fourth-order valence-corrected chi connectivity index (χ4v) is 2.79. The van der Waals surface area contributed by atoms with E-state index in [2.05, 4.69) is 10.5 Å². The van der Waals surface area contributed by atoms with E-state index in [0.717, 1.165) is 18.2 Å². The number of ether oxygens (including phenoxy) is 1. The summed E-state index contributed by atoms with van der Waals surface area (Å²) in [4.78, 5) is 24.3. The number of hydrogen-bond acceptors (Lipinski definition) is 5. The van der Waals surface area contributed by atoms with Crippen molar-refractivity contribution in [2.75, 3.05) is 11.9 Å². The molecule has 6 nitrogen and oxygen atoms in total. The van der Waals surface area contributed by atoms with Crippen LogP contribution < -0.4 is 5.32 Å². The van der Waals surface area contributed by atoms with E-state index in [1.807, 2.05) is 0 Å². The van der Waals surface area contributed by atoms with Gasteiger partial charge in [0, 0.05) is 11.8 Å². The molecule has 0 aliphatic carbocycles. The van der Waals surface area contributed by atoms with Gasteiger partial charge in [-0.1, -0.05) is 22.8 Å². The summed E-state index contributed by atoms with van der Waals surface area (Å²) in [5, 5.41) is 5.84. The van der Waals surface area contributed by atoms with Crippen LogP contribution in [0.25, 0.3) is 11.3 Å². The first-order valence-corrected chi connectivity index (χ1v) is 8.47. The van der Waals surface area contributed by atoms with Crippen LogP contribution in [0.3, 0.4) is 0 Å². The third kappa shape index (κ3) is 4.57. The van der Waals surface area contributed by atoms with Crippen molar-refractivity contribution in [2.24, 2.45) is 0 Å². The lowest BCUT2D eigenvalue weighted by Crippen LogP contribution is -2.21. The van der Waals surface area contributed by atoms with E-state index in [-0.39, 0.29) is 33.3 Å². The third-order valence-electron chi connectivity index (χ3n) is 3.75. The highest BCUT2D eigenvalue weighted by molar-refractivity contribution is 6.33. The van der Waals surface area contributed by atoms with Crippen molar-refractivity contribution in [1.29, 1.82) is 0 Å². The summed E-state index contributed by atoms with van der Waals surface area (Å²) in [6, 6.07) is 6.35. The molecular weight excluding hydrogens is 413 g/mol. The maximum atomic E-state index is 14.2. The number of aromatic nitrogens is 1. The van der Waals surface area contributed by atoms with Crippen LogP contribution in [0.2, 0.25) is 5.02 Å². The highest BCUT2D eigenvalue weighted by atomic mass is 35.5. The van der Waals surface area contributed by atoms with Gasteiger partial charge in [-0.05, 0) is 31.2 Å². The van der Waals surface area contributed by atoms with E-state index in [0.29, 0.717) is 6.07 Å². The third-order valence-corrected chi connectivity index (χ3v) is 4.06. The van der Waals surface area contributed by atoms with Crippen molar-refractivity contribution in [3.63, 3.8) is 0 Å². The molecule has 0 fully saturated rings. The molecule has 0 saturated heterocycles. The van der Waals surface area contributed by atoms with Crippen LogP contribution in [0.1, 0.15) is 16.1 Å². The Morgan fingerprint density at radius 3 is 2.52 bits per heavy atom. The molecule has 0 bridgehead atoms. The van der Waals surface area contributed by atoms with Crippen molar-refractivity contribution in [1.82, 2.24) is 5.16 Å². The van der Waals surface area contributed by atoms with E-state index in [9.17, 15) is 22.8 Å². The Labute approximate surface area is 167 Å². The molecule has 0 radical (unpaired) electrons. The Hall–Kier alpha value is -3.33. The van der Waals surface area contributed by atoms with Gasteiger partial charge in [0.1, 0.15) is 34.5 Å². The van der Waals surface area contributed by atoms with Crippen LogP contribution in [-0.2, 0) is 9.53 Å². The number of halogens is 4. The molecule has 1 N–H and O–H groups in total. The van der Waals surface area contributed by atoms with Crippen LogP contribution in [0.5, 0.6) is 0 Å². The second-order valence-corrected chi connectivity index (χ2v) is 6.25. The van der Waals surface area contributed by atoms with Gasteiger partial charge < -0.3 is 14.6 Å². The van der Waals surface area contributed by atoms with E-state index < -0.39 is 35.9 Å². The minimum atomic E-state index is -1.02. The Morgan fingerprint density at radius 2 is 1.86 bits per heavy atom. The van der Waals surface area contributed by atoms with Gasteiger partial charge in [-0.2, -0.15) is 0 Å². The standard InChI is InChI=1S/C19H12ClF3N2O4/c1-9-16(18(25-29-9)17-13(20)3-2-4-14(17)23)19(27)28-8-15(26)24-12-6-10(21)5-11(22)7-12/h2-7H,8H2,1H3,(H,24,26). The highest BCUT2D eigenvalue weighted by Crippen LogP contribution is 2.33. The lowest BCUT2D eigenvalue weighted by Gasteiger charge is -2.08. The van der Waals surface area contributed by atoms with Gasteiger partial charge in [-0.15, -0.1) is 0 Å². The van der Waals surface area contributed by atoms with Crippen molar-refractivity contribution >= 4 is 29.2 Å². The van der Waals surface area contributed by atoms with E-state index in [1.165, 1.54) is 19.1 Å². The normalized spacial score (nSPS) is 10.7. The lowest BCUT2D eigenvalue weighted by molar-refractivity contribution is -0.119. The molecule has 0 unspecified atom stereocenters. The number of carbonyl (C=O) groups excluding carboxylic acids is 2. The molecule has 2 aromatic carbocycles. The van der Waals surface area contributed by atoms with Crippen LogP contribution >= 0.6 is 11.6 Å². The number of anilines is 1. The fraction of sp³-hybridized carbons (Fsp3) is 0.105. The molecule has 0 saturated carbocycles. The lowest BCUT2D eigenvalue weighted by atomic mass is 10.1. The Bertz CT molecular complexity index is 1060. The Kier molecular flexibility index (Phi) is 5.88. The van der Waals surface area contributed by atoms with Gasteiger partial charge in [-0.3, -0.25) is 4.79 Å². The van der Waals surface area contributed by atoms with Gasteiger partial charge >= 0.3 is 5.97 Å². The highest BCUT2D eigenvalue weighted by Gasteiger charge is 2.27. The zero-order valence-electron chi connectivity index (χ0n) is 14.8. The minimum absolute atomic E-state index is 0.00164. The topological polar surface area (TPSA) is 81.4 Å². The summed E-state index contributed by atoms with van der Waals surface area (Å²) in [6.07, 6.45) is 0. The number of rotatable bonds is 5. The van der Waals surface area contributed by atoms with Gasteiger partial charge in [0.05, 0.1) is 10.6 Å². The molecule has 0 aliphatic heterocycles. The molecule has 1 heterocycles. The van der Waals surface area contributed by atoms with Crippen molar-refractivity contribution in [3.05, 3.63) is 70.2 Å². The van der Waals surface area contributed by atoms with E-state index in [4.69, 9.17) is 20.9 Å². The van der Waals surface area contributed by atoms with Gasteiger partial charge in [-0.25, -0.2) is 18.0 Å². The Balaban J connectivity index is 1.75. The summed E-state index contributed by atoms with van der Waals surface area (Å²) in [5.74, 6) is -4.34. The predicted molar refractivity (Wildman–Crippen MR) is 96.9 cm³/mol. The van der Waals surface area contributed by atoms with Crippen molar-refractivity contribution < 1.29 is 32.0 Å². The van der Waals surface area contributed by atoms with E-state index in [1.54, 1.807) is 0 Å². The second kappa shape index (κ2) is 8.36. The summed E-state index contributed by atoms with van der Waals surface area (Å²) in [7, 11) is 0. The molecule has 10 heteroatoms. The molecular formula is C19H12ClF3N2O4. The number of aryl methyl sites for hydroxylation is 1. The van der Waals surface area contributed by atoms with Gasteiger partial charge in [0.2, 0.25) is 0 Å². The first kappa shape index (κ1) is 20.4. The second-order valence-electron chi connectivity index (χ2n) is 5.84. The van der Waals surface area contributed by atoms with Crippen molar-refractivity contribution in [3.8, 4) is 11.3 Å². The molecule has 29 heavy (non-hydrogen) atoms. The summed E-state index contributed by atoms with van der Waals surface area (Å²) in [6.45, 7) is 0.628. The van der Waals surface area contributed by atoms with Gasteiger partial charge in [0.15, 0.2) is 6.61 Å². The molecule has 3 rings (SSSR count). The number of nitrogens with one attached hydrogen (secondary N) is 1. The maximum absolute atomic E-state index is 14.2. The zero-order valence-corrected chi connectivity index (χ0v) is 15.5. The van der Waals surface area contributed by atoms with Crippen LogP contribution in [0.15, 0.2) is 40.9 Å². The first-order valence-electron chi connectivity index (χ1n) is 8.10. The molecule has 0 atom stereocenters. The molecule has 0 aliphatic rings. The molecule has 1 amide bonds. The fourth-order valence-electron chi connectivity index (χ4n) is 2.53. The maximum Gasteiger partial charge on any atom is 0.344 e.